The Morgan fingerprint density at radius 2 is 1.90 bits per heavy atom. The van der Waals surface area contributed by atoms with E-state index in [2.05, 4.69) is 63.0 Å². The first-order valence-corrected chi connectivity index (χ1v) is 8.51. The molecule has 118 valence electrons. The third-order valence-corrected chi connectivity index (χ3v) is 5.22. The molecule has 0 saturated carbocycles. The van der Waals surface area contributed by atoms with Crippen LogP contribution in [0.1, 0.15) is 58.1 Å². The van der Waals surface area contributed by atoms with Crippen molar-refractivity contribution in [2.45, 2.75) is 66.5 Å². The minimum atomic E-state index is 0.540. The molecule has 1 N–H and O–H groups in total. The summed E-state index contributed by atoms with van der Waals surface area (Å²) in [7, 11) is 0. The highest BCUT2D eigenvalue weighted by molar-refractivity contribution is 5.51. The van der Waals surface area contributed by atoms with Crippen molar-refractivity contribution in [3.63, 3.8) is 0 Å². The molecule has 0 bridgehead atoms. The van der Waals surface area contributed by atoms with Crippen LogP contribution < -0.4 is 10.2 Å². The van der Waals surface area contributed by atoms with Gasteiger partial charge in [0.25, 0.3) is 0 Å². The van der Waals surface area contributed by atoms with E-state index in [1.165, 1.54) is 49.2 Å². The van der Waals surface area contributed by atoms with Gasteiger partial charge in [-0.25, -0.2) is 0 Å². The average molecular weight is 288 g/mol. The minimum Gasteiger partial charge on any atom is -0.371 e. The maximum Gasteiger partial charge on any atom is 0.0369 e. The number of nitrogens with one attached hydrogen (secondary N) is 1. The Morgan fingerprint density at radius 1 is 1.24 bits per heavy atom. The molecule has 2 rings (SSSR count). The predicted octanol–water partition coefficient (Wildman–Crippen LogP) is 4.51. The Hall–Kier alpha value is -1.02. The highest BCUT2D eigenvalue weighted by Gasteiger charge is 2.28. The molecule has 0 amide bonds. The van der Waals surface area contributed by atoms with Gasteiger partial charge in [0.15, 0.2) is 0 Å². The number of benzene rings is 1. The molecule has 1 aromatic carbocycles. The summed E-state index contributed by atoms with van der Waals surface area (Å²) in [5, 5.41) is 3.51. The number of anilines is 1. The standard InChI is InChI=1S/C19H32N2/c1-6-19(5)9-11-21(12-10-19)18-8-7-17(16(4)13-18)14-20-15(2)3/h7-8,13,15,20H,6,9-12,14H2,1-5H3. The summed E-state index contributed by atoms with van der Waals surface area (Å²) in [5.74, 6) is 0. The Morgan fingerprint density at radius 3 is 2.43 bits per heavy atom. The smallest absolute Gasteiger partial charge is 0.0369 e. The number of hydrogen-bond acceptors (Lipinski definition) is 2. The molecular weight excluding hydrogens is 256 g/mol. The van der Waals surface area contributed by atoms with Gasteiger partial charge in [-0.15, -0.1) is 0 Å². The second-order valence-electron chi connectivity index (χ2n) is 7.30. The fourth-order valence-electron chi connectivity index (χ4n) is 3.05. The molecule has 1 saturated heterocycles. The second kappa shape index (κ2) is 6.83. The molecule has 0 spiro atoms. The summed E-state index contributed by atoms with van der Waals surface area (Å²) in [6, 6.07) is 7.51. The van der Waals surface area contributed by atoms with E-state index in [1.807, 2.05) is 0 Å². The monoisotopic (exact) mass is 288 g/mol. The van der Waals surface area contributed by atoms with Crippen LogP contribution in [0, 0.1) is 12.3 Å². The highest BCUT2D eigenvalue weighted by Crippen LogP contribution is 2.35. The van der Waals surface area contributed by atoms with E-state index in [9.17, 15) is 0 Å². The predicted molar refractivity (Wildman–Crippen MR) is 93.0 cm³/mol. The molecule has 2 nitrogen and oxygen atoms in total. The molecule has 0 unspecified atom stereocenters. The molecule has 1 aromatic rings. The average Bonchev–Trinajstić information content (AvgIpc) is 2.46. The van der Waals surface area contributed by atoms with E-state index in [0.717, 1.165) is 6.54 Å². The number of hydrogen-bond donors (Lipinski definition) is 1. The van der Waals surface area contributed by atoms with Gasteiger partial charge in [-0.05, 0) is 48.4 Å². The van der Waals surface area contributed by atoms with Gasteiger partial charge < -0.3 is 10.2 Å². The van der Waals surface area contributed by atoms with Crippen LogP contribution in [0.3, 0.4) is 0 Å². The molecule has 1 heterocycles. The maximum absolute atomic E-state index is 3.51. The van der Waals surface area contributed by atoms with Crippen LogP contribution in [-0.2, 0) is 6.54 Å². The Balaban J connectivity index is 2.00. The molecule has 0 atom stereocenters. The lowest BCUT2D eigenvalue weighted by atomic mass is 9.78. The number of nitrogens with zero attached hydrogens (tertiary/aromatic N) is 1. The van der Waals surface area contributed by atoms with Gasteiger partial charge in [0.05, 0.1) is 0 Å². The lowest BCUT2D eigenvalue weighted by molar-refractivity contribution is 0.238. The maximum atomic E-state index is 3.51. The molecular formula is C19H32N2. The van der Waals surface area contributed by atoms with Crippen molar-refractivity contribution >= 4 is 5.69 Å². The van der Waals surface area contributed by atoms with Crippen molar-refractivity contribution in [3.05, 3.63) is 29.3 Å². The highest BCUT2D eigenvalue weighted by atomic mass is 15.1. The molecule has 21 heavy (non-hydrogen) atoms. The summed E-state index contributed by atoms with van der Waals surface area (Å²) in [6.45, 7) is 14.8. The number of piperidine rings is 1. The lowest BCUT2D eigenvalue weighted by Crippen LogP contribution is -2.38. The van der Waals surface area contributed by atoms with Crippen LogP contribution in [0.2, 0.25) is 0 Å². The molecule has 1 aliphatic rings. The molecule has 0 radical (unpaired) electrons. The first kappa shape index (κ1) is 16.4. The first-order chi connectivity index (χ1) is 9.93. The lowest BCUT2D eigenvalue weighted by Gasteiger charge is -2.40. The Labute approximate surface area is 130 Å². The van der Waals surface area contributed by atoms with Gasteiger partial charge in [-0.2, -0.15) is 0 Å². The van der Waals surface area contributed by atoms with Crippen molar-refractivity contribution in [2.75, 3.05) is 18.0 Å². The van der Waals surface area contributed by atoms with E-state index < -0.39 is 0 Å². The summed E-state index contributed by atoms with van der Waals surface area (Å²) >= 11 is 0. The molecule has 2 heteroatoms. The summed E-state index contributed by atoms with van der Waals surface area (Å²) < 4.78 is 0. The third kappa shape index (κ3) is 4.23. The second-order valence-corrected chi connectivity index (χ2v) is 7.30. The summed E-state index contributed by atoms with van der Waals surface area (Å²) in [4.78, 5) is 2.56. The van der Waals surface area contributed by atoms with Gasteiger partial charge in [0.1, 0.15) is 0 Å². The van der Waals surface area contributed by atoms with Gasteiger partial charge in [0.2, 0.25) is 0 Å². The summed E-state index contributed by atoms with van der Waals surface area (Å²) in [5.41, 5.74) is 4.79. The van der Waals surface area contributed by atoms with Gasteiger partial charge in [-0.3, -0.25) is 0 Å². The number of aryl methyl sites for hydroxylation is 1. The fraction of sp³-hybridized carbons (Fsp3) is 0.684. The Bertz CT molecular complexity index is 457. The largest absolute Gasteiger partial charge is 0.371 e. The van der Waals surface area contributed by atoms with Crippen LogP contribution in [0.5, 0.6) is 0 Å². The van der Waals surface area contributed by atoms with Crippen molar-refractivity contribution in [1.29, 1.82) is 0 Å². The van der Waals surface area contributed by atoms with Crippen molar-refractivity contribution < 1.29 is 0 Å². The first-order valence-electron chi connectivity index (χ1n) is 8.51. The molecule has 1 fully saturated rings. The van der Waals surface area contributed by atoms with E-state index in [4.69, 9.17) is 0 Å². The number of rotatable bonds is 5. The minimum absolute atomic E-state index is 0.540. The van der Waals surface area contributed by atoms with Gasteiger partial charge >= 0.3 is 0 Å². The summed E-state index contributed by atoms with van der Waals surface area (Å²) in [6.07, 6.45) is 3.94. The topological polar surface area (TPSA) is 15.3 Å². The molecule has 0 aromatic heterocycles. The van der Waals surface area contributed by atoms with E-state index >= 15 is 0 Å². The van der Waals surface area contributed by atoms with Crippen LogP contribution in [-0.4, -0.2) is 19.1 Å². The zero-order valence-corrected chi connectivity index (χ0v) is 14.5. The fourth-order valence-corrected chi connectivity index (χ4v) is 3.05. The molecule has 0 aliphatic carbocycles. The van der Waals surface area contributed by atoms with Crippen LogP contribution in [0.25, 0.3) is 0 Å². The molecule has 1 aliphatic heterocycles. The third-order valence-electron chi connectivity index (χ3n) is 5.22. The van der Waals surface area contributed by atoms with Crippen LogP contribution >= 0.6 is 0 Å². The van der Waals surface area contributed by atoms with Crippen LogP contribution in [0.4, 0.5) is 5.69 Å². The van der Waals surface area contributed by atoms with Gasteiger partial charge in [0, 0.05) is 31.4 Å². The Kier molecular flexibility index (Phi) is 5.32. The van der Waals surface area contributed by atoms with Crippen LogP contribution in [0.15, 0.2) is 18.2 Å². The van der Waals surface area contributed by atoms with Crippen molar-refractivity contribution in [3.8, 4) is 0 Å². The normalized spacial score (nSPS) is 18.3. The van der Waals surface area contributed by atoms with Crippen molar-refractivity contribution in [1.82, 2.24) is 5.32 Å². The quantitative estimate of drug-likeness (QED) is 0.857. The van der Waals surface area contributed by atoms with E-state index in [-0.39, 0.29) is 0 Å². The van der Waals surface area contributed by atoms with E-state index in [0.29, 0.717) is 11.5 Å². The van der Waals surface area contributed by atoms with Gasteiger partial charge in [-0.1, -0.05) is 40.2 Å². The SMILES string of the molecule is CCC1(C)CCN(c2ccc(CNC(C)C)c(C)c2)CC1. The van der Waals surface area contributed by atoms with E-state index in [1.54, 1.807) is 0 Å². The zero-order valence-electron chi connectivity index (χ0n) is 14.5. The zero-order chi connectivity index (χ0) is 15.5. The van der Waals surface area contributed by atoms with Crippen molar-refractivity contribution in [2.24, 2.45) is 5.41 Å².